The van der Waals surface area contributed by atoms with E-state index in [1.165, 1.54) is 0 Å². The number of rotatable bonds is 4. The molecule has 0 radical (unpaired) electrons. The van der Waals surface area contributed by atoms with Crippen LogP contribution in [0.25, 0.3) is 33.3 Å². The molecule has 0 saturated heterocycles. The predicted octanol–water partition coefficient (Wildman–Crippen LogP) is 5.78. The third-order valence-electron chi connectivity index (χ3n) is 5.22. The second-order valence-electron chi connectivity index (χ2n) is 7.37. The summed E-state index contributed by atoms with van der Waals surface area (Å²) < 4.78 is 11.2. The minimum absolute atomic E-state index is 0.198. The van der Waals surface area contributed by atoms with Crippen LogP contribution in [-0.4, -0.2) is 23.1 Å². The summed E-state index contributed by atoms with van der Waals surface area (Å²) in [7, 11) is 1.62. The average molecular weight is 454 g/mol. The van der Waals surface area contributed by atoms with Gasteiger partial charge in [0.15, 0.2) is 10.7 Å². The summed E-state index contributed by atoms with van der Waals surface area (Å²) in [6.45, 7) is 0. The molecule has 5 aromatic rings. The Labute approximate surface area is 195 Å². The number of fused-ring (bicyclic) bond motifs is 2. The molecule has 0 unspecified atom stereocenters. The molecule has 5 rings (SSSR count). The van der Waals surface area contributed by atoms with Gasteiger partial charge in [-0.1, -0.05) is 42.5 Å². The summed E-state index contributed by atoms with van der Waals surface area (Å²) in [6, 6.07) is 26.3. The number of carbonyl (C=O) groups is 1. The molecule has 0 aliphatic carbocycles. The van der Waals surface area contributed by atoms with E-state index in [0.717, 1.165) is 22.1 Å². The third-order valence-corrected chi connectivity index (χ3v) is 5.43. The van der Waals surface area contributed by atoms with E-state index in [1.54, 1.807) is 13.2 Å². The number of oxazole rings is 1. The molecule has 0 spiro atoms. The Kier molecular flexibility index (Phi) is 5.46. The number of benzene rings is 4. The first-order valence-corrected chi connectivity index (χ1v) is 10.7. The summed E-state index contributed by atoms with van der Waals surface area (Å²) >= 11 is 5.37. The fourth-order valence-corrected chi connectivity index (χ4v) is 3.85. The van der Waals surface area contributed by atoms with Crippen molar-refractivity contribution in [3.05, 3.63) is 90.5 Å². The quantitative estimate of drug-likeness (QED) is 0.336. The maximum Gasteiger partial charge on any atom is 0.258 e. The molecule has 0 aliphatic rings. The van der Waals surface area contributed by atoms with E-state index in [4.69, 9.17) is 21.4 Å². The number of nitrogens with one attached hydrogen (secondary N) is 2. The van der Waals surface area contributed by atoms with Gasteiger partial charge in [0.1, 0.15) is 11.3 Å². The highest BCUT2D eigenvalue weighted by Gasteiger charge is 2.13. The Balaban J connectivity index is 1.33. The van der Waals surface area contributed by atoms with Crippen molar-refractivity contribution >= 4 is 50.8 Å². The van der Waals surface area contributed by atoms with Crippen LogP contribution in [-0.2, 0) is 0 Å². The minimum Gasteiger partial charge on any atom is -0.497 e. The zero-order chi connectivity index (χ0) is 22.8. The van der Waals surface area contributed by atoms with Crippen LogP contribution in [0, 0.1) is 0 Å². The number of carbonyl (C=O) groups excluding carboxylic acids is 1. The highest BCUT2D eigenvalue weighted by atomic mass is 32.1. The van der Waals surface area contributed by atoms with Crippen molar-refractivity contribution in [1.29, 1.82) is 0 Å². The molecule has 1 aromatic heterocycles. The van der Waals surface area contributed by atoms with Crippen molar-refractivity contribution in [2.75, 3.05) is 12.4 Å². The molecule has 0 atom stereocenters. The van der Waals surface area contributed by atoms with E-state index in [1.807, 2.05) is 78.9 Å². The van der Waals surface area contributed by atoms with Gasteiger partial charge in [-0.05, 0) is 65.5 Å². The van der Waals surface area contributed by atoms with Gasteiger partial charge in [-0.3, -0.25) is 10.1 Å². The number of aromatic nitrogens is 1. The maximum absolute atomic E-state index is 12.8. The third kappa shape index (κ3) is 4.26. The molecule has 0 saturated carbocycles. The Morgan fingerprint density at radius 3 is 2.67 bits per heavy atom. The van der Waals surface area contributed by atoms with E-state index in [2.05, 4.69) is 15.6 Å². The number of nitrogens with zero attached hydrogens (tertiary/aromatic N) is 1. The molecule has 33 heavy (non-hydrogen) atoms. The lowest BCUT2D eigenvalue weighted by Crippen LogP contribution is -2.34. The van der Waals surface area contributed by atoms with Crippen LogP contribution in [0.4, 0.5) is 5.69 Å². The summed E-state index contributed by atoms with van der Waals surface area (Å²) in [5.41, 5.74) is 3.38. The summed E-state index contributed by atoms with van der Waals surface area (Å²) in [6.07, 6.45) is 0. The predicted molar refractivity (Wildman–Crippen MR) is 134 cm³/mol. The topological polar surface area (TPSA) is 76.4 Å². The Morgan fingerprint density at radius 1 is 0.970 bits per heavy atom. The van der Waals surface area contributed by atoms with Crippen LogP contribution in [0.1, 0.15) is 10.4 Å². The van der Waals surface area contributed by atoms with Gasteiger partial charge in [0.2, 0.25) is 5.89 Å². The Hall–Kier alpha value is -4.23. The van der Waals surface area contributed by atoms with Crippen LogP contribution in [0.15, 0.2) is 89.3 Å². The van der Waals surface area contributed by atoms with Crippen LogP contribution in [0.3, 0.4) is 0 Å². The average Bonchev–Trinajstić information content (AvgIpc) is 3.27. The molecule has 6 nitrogen and oxygen atoms in total. The van der Waals surface area contributed by atoms with E-state index in [9.17, 15) is 4.79 Å². The van der Waals surface area contributed by atoms with E-state index >= 15 is 0 Å². The van der Waals surface area contributed by atoms with Crippen LogP contribution < -0.4 is 15.4 Å². The van der Waals surface area contributed by atoms with Gasteiger partial charge in [0.05, 0.1) is 7.11 Å². The Morgan fingerprint density at radius 2 is 1.79 bits per heavy atom. The summed E-state index contributed by atoms with van der Waals surface area (Å²) in [4.78, 5) is 17.4. The van der Waals surface area contributed by atoms with Crippen LogP contribution in [0.2, 0.25) is 0 Å². The highest BCUT2D eigenvalue weighted by Crippen LogP contribution is 2.28. The zero-order valence-corrected chi connectivity index (χ0v) is 18.5. The second-order valence-corrected chi connectivity index (χ2v) is 7.78. The minimum atomic E-state index is -0.271. The van der Waals surface area contributed by atoms with Gasteiger partial charge in [0, 0.05) is 16.8 Å². The fraction of sp³-hybridized carbons (Fsp3) is 0.0385. The first-order valence-electron chi connectivity index (χ1n) is 10.3. The van der Waals surface area contributed by atoms with E-state index < -0.39 is 0 Å². The van der Waals surface area contributed by atoms with Gasteiger partial charge in [-0.15, -0.1) is 0 Å². The molecule has 0 bridgehead atoms. The molecule has 0 fully saturated rings. The van der Waals surface area contributed by atoms with Crippen molar-refractivity contribution in [3.8, 4) is 17.2 Å². The maximum atomic E-state index is 12.8. The van der Waals surface area contributed by atoms with Gasteiger partial charge in [-0.25, -0.2) is 4.98 Å². The van der Waals surface area contributed by atoms with Crippen molar-refractivity contribution in [2.24, 2.45) is 0 Å². The van der Waals surface area contributed by atoms with Crippen molar-refractivity contribution in [3.63, 3.8) is 0 Å². The molecule has 7 heteroatoms. The van der Waals surface area contributed by atoms with Gasteiger partial charge in [-0.2, -0.15) is 0 Å². The SMILES string of the molecule is COc1cccc(-c2nc3cc(NC(=S)NC(=O)c4cccc5ccccc45)ccc3o2)c1. The van der Waals surface area contributed by atoms with Gasteiger partial charge in [0.25, 0.3) is 5.91 Å². The lowest BCUT2D eigenvalue weighted by Gasteiger charge is -2.11. The number of methoxy groups -OCH3 is 1. The highest BCUT2D eigenvalue weighted by molar-refractivity contribution is 7.80. The molecule has 4 aromatic carbocycles. The van der Waals surface area contributed by atoms with Gasteiger partial charge >= 0.3 is 0 Å². The number of amides is 1. The fourth-order valence-electron chi connectivity index (χ4n) is 3.64. The van der Waals surface area contributed by atoms with E-state index in [0.29, 0.717) is 28.2 Å². The molecular weight excluding hydrogens is 434 g/mol. The molecule has 0 aliphatic heterocycles. The summed E-state index contributed by atoms with van der Waals surface area (Å²) in [5.74, 6) is 0.949. The number of ether oxygens (including phenoxy) is 1. The molecule has 1 heterocycles. The molecular formula is C26H19N3O3S. The van der Waals surface area contributed by atoms with Crippen molar-refractivity contribution in [2.45, 2.75) is 0 Å². The Bertz CT molecular complexity index is 1500. The zero-order valence-electron chi connectivity index (χ0n) is 17.7. The largest absolute Gasteiger partial charge is 0.497 e. The van der Waals surface area contributed by atoms with E-state index in [-0.39, 0.29) is 11.0 Å². The number of anilines is 1. The first-order chi connectivity index (χ1) is 16.1. The number of hydrogen-bond donors (Lipinski definition) is 2. The van der Waals surface area contributed by atoms with Crippen molar-refractivity contribution < 1.29 is 13.9 Å². The molecule has 2 N–H and O–H groups in total. The van der Waals surface area contributed by atoms with Gasteiger partial charge < -0.3 is 14.5 Å². The lowest BCUT2D eigenvalue weighted by molar-refractivity contribution is 0.0979. The normalized spacial score (nSPS) is 10.8. The first kappa shape index (κ1) is 20.7. The monoisotopic (exact) mass is 453 g/mol. The number of thiocarbonyl (C=S) groups is 1. The van der Waals surface area contributed by atoms with Crippen molar-refractivity contribution in [1.82, 2.24) is 10.3 Å². The second kappa shape index (κ2) is 8.72. The molecule has 162 valence electrons. The van der Waals surface area contributed by atoms with Crippen LogP contribution >= 0.6 is 12.2 Å². The smallest absolute Gasteiger partial charge is 0.258 e. The molecule has 1 amide bonds. The summed E-state index contributed by atoms with van der Waals surface area (Å²) in [5, 5.41) is 7.86. The van der Waals surface area contributed by atoms with Crippen LogP contribution in [0.5, 0.6) is 5.75 Å². The standard InChI is InChI=1S/C26H19N3O3S/c1-31-19-9-4-8-17(14-19)25-28-22-15-18(12-13-23(22)32-25)27-26(33)29-24(30)21-11-5-7-16-6-2-3-10-20(16)21/h2-15H,1H3,(H2,27,29,30,33). The number of hydrogen-bond acceptors (Lipinski definition) is 5. The lowest BCUT2D eigenvalue weighted by atomic mass is 10.0.